The highest BCUT2D eigenvalue weighted by molar-refractivity contribution is 5.94. The predicted molar refractivity (Wildman–Crippen MR) is 108 cm³/mol. The molecule has 29 heavy (non-hydrogen) atoms. The Labute approximate surface area is 169 Å². The molecule has 1 aromatic carbocycles. The smallest absolute Gasteiger partial charge is 0.407 e. The molecule has 1 saturated carbocycles. The van der Waals surface area contributed by atoms with E-state index in [1.165, 1.54) is 6.92 Å². The fourth-order valence-electron chi connectivity index (χ4n) is 4.40. The van der Waals surface area contributed by atoms with Crippen molar-refractivity contribution >= 4 is 17.7 Å². The Balaban J connectivity index is 1.61. The van der Waals surface area contributed by atoms with Crippen molar-refractivity contribution in [3.63, 3.8) is 0 Å². The number of aromatic amines is 1. The van der Waals surface area contributed by atoms with Crippen LogP contribution in [0.25, 0.3) is 0 Å². The van der Waals surface area contributed by atoms with Crippen LogP contribution in [0.4, 0.5) is 10.5 Å². The van der Waals surface area contributed by atoms with Crippen LogP contribution < -0.4 is 15.8 Å². The molecule has 0 spiro atoms. The highest BCUT2D eigenvalue weighted by Crippen LogP contribution is 2.47. The quantitative estimate of drug-likeness (QED) is 0.832. The largest absolute Gasteiger partial charge is 0.445 e. The van der Waals surface area contributed by atoms with Crippen LogP contribution in [0.2, 0.25) is 0 Å². The number of benzene rings is 1. The van der Waals surface area contributed by atoms with E-state index in [0.29, 0.717) is 17.2 Å². The number of nitrogens with zero attached hydrogens (tertiary/aromatic N) is 1. The number of rotatable bonds is 4. The summed E-state index contributed by atoms with van der Waals surface area (Å²) in [7, 11) is 0. The summed E-state index contributed by atoms with van der Waals surface area (Å²) < 4.78 is 5.39. The minimum Gasteiger partial charge on any atom is -0.445 e. The number of hydrogen-bond acceptors (Lipinski definition) is 4. The Morgan fingerprint density at radius 1 is 1.21 bits per heavy atom. The molecule has 7 heteroatoms. The topological polar surface area (TPSA) is 91.5 Å². The van der Waals surface area contributed by atoms with Gasteiger partial charge in [-0.25, -0.2) is 4.79 Å². The number of alkyl carbamates (subject to hydrolysis) is 1. The predicted octanol–water partition coefficient (Wildman–Crippen LogP) is 3.12. The molecule has 3 atom stereocenters. The van der Waals surface area contributed by atoms with Gasteiger partial charge in [-0.05, 0) is 30.4 Å². The summed E-state index contributed by atoms with van der Waals surface area (Å²) in [6.07, 6.45) is 3.05. The lowest BCUT2D eigenvalue weighted by Crippen LogP contribution is -2.55. The van der Waals surface area contributed by atoms with Crippen molar-refractivity contribution in [1.29, 1.82) is 0 Å². The number of pyridine rings is 1. The average molecular weight is 395 g/mol. The number of H-pyrrole nitrogens is 1. The summed E-state index contributed by atoms with van der Waals surface area (Å²) in [6.45, 7) is 3.67. The lowest BCUT2D eigenvalue weighted by atomic mass is 9.80. The molecule has 0 radical (unpaired) electrons. The third-order valence-corrected chi connectivity index (χ3v) is 5.83. The molecule has 0 saturated heterocycles. The second kappa shape index (κ2) is 7.73. The summed E-state index contributed by atoms with van der Waals surface area (Å²) in [5.41, 5.74) is 1.56. The number of amides is 2. The molecule has 2 aliphatic rings. The first-order chi connectivity index (χ1) is 14.0. The summed E-state index contributed by atoms with van der Waals surface area (Å²) in [4.78, 5) is 41.9. The van der Waals surface area contributed by atoms with Gasteiger partial charge in [-0.15, -0.1) is 0 Å². The number of aromatic nitrogens is 1. The molecule has 1 fully saturated rings. The van der Waals surface area contributed by atoms with E-state index in [0.717, 1.165) is 18.4 Å². The molecule has 7 nitrogen and oxygen atoms in total. The molecule has 0 bridgehead atoms. The van der Waals surface area contributed by atoms with Crippen molar-refractivity contribution in [1.82, 2.24) is 10.3 Å². The van der Waals surface area contributed by atoms with Gasteiger partial charge in [0.1, 0.15) is 12.3 Å². The van der Waals surface area contributed by atoms with Crippen LogP contribution in [-0.2, 0) is 16.1 Å². The van der Waals surface area contributed by atoms with E-state index in [2.05, 4.69) is 10.3 Å². The van der Waals surface area contributed by atoms with Crippen molar-refractivity contribution in [3.8, 4) is 0 Å². The maximum Gasteiger partial charge on any atom is 0.407 e. The van der Waals surface area contributed by atoms with Crippen molar-refractivity contribution in [2.45, 2.75) is 45.4 Å². The van der Waals surface area contributed by atoms with Crippen molar-refractivity contribution in [2.24, 2.45) is 11.8 Å². The zero-order valence-corrected chi connectivity index (χ0v) is 16.6. The van der Waals surface area contributed by atoms with Crippen LogP contribution in [0, 0.1) is 11.8 Å². The third-order valence-electron chi connectivity index (χ3n) is 5.83. The van der Waals surface area contributed by atoms with Crippen LogP contribution >= 0.6 is 0 Å². The Bertz CT molecular complexity index is 968. The van der Waals surface area contributed by atoms with Crippen LogP contribution in [0.1, 0.15) is 43.9 Å². The van der Waals surface area contributed by atoms with Crippen molar-refractivity contribution in [2.75, 3.05) is 4.90 Å². The number of hydrogen-bond donors (Lipinski definition) is 2. The first-order valence-corrected chi connectivity index (χ1v) is 9.96. The fourth-order valence-corrected chi connectivity index (χ4v) is 4.40. The van der Waals surface area contributed by atoms with Gasteiger partial charge in [-0.2, -0.15) is 0 Å². The monoisotopic (exact) mass is 395 g/mol. The van der Waals surface area contributed by atoms with Crippen molar-refractivity contribution < 1.29 is 14.3 Å². The van der Waals surface area contributed by atoms with Gasteiger partial charge in [0.15, 0.2) is 0 Å². The van der Waals surface area contributed by atoms with Crippen LogP contribution in [0.5, 0.6) is 0 Å². The number of anilines is 1. The molecule has 1 aromatic heterocycles. The zero-order chi connectivity index (χ0) is 20.5. The molecule has 152 valence electrons. The summed E-state index contributed by atoms with van der Waals surface area (Å²) >= 11 is 0. The van der Waals surface area contributed by atoms with Gasteiger partial charge in [0.25, 0.3) is 5.56 Å². The summed E-state index contributed by atoms with van der Waals surface area (Å²) in [6, 6.07) is 10.7. The normalized spacial score (nSPS) is 23.2. The van der Waals surface area contributed by atoms with E-state index < -0.39 is 12.1 Å². The lowest BCUT2D eigenvalue weighted by Gasteiger charge is -2.44. The second-order valence-electron chi connectivity index (χ2n) is 7.87. The van der Waals surface area contributed by atoms with E-state index >= 15 is 0 Å². The molecule has 2 amide bonds. The lowest BCUT2D eigenvalue weighted by molar-refractivity contribution is -0.117. The first-order valence-electron chi connectivity index (χ1n) is 9.96. The fraction of sp³-hybridized carbons (Fsp3) is 0.409. The van der Waals surface area contributed by atoms with Gasteiger partial charge in [-0.1, -0.05) is 37.3 Å². The first kappa shape index (κ1) is 19.2. The number of nitrogens with one attached hydrogen (secondary N) is 2. The van der Waals surface area contributed by atoms with Crippen LogP contribution in [0.15, 0.2) is 47.4 Å². The highest BCUT2D eigenvalue weighted by Gasteiger charge is 2.48. The minimum atomic E-state index is -0.539. The molecule has 2 aromatic rings. The Morgan fingerprint density at radius 2 is 1.93 bits per heavy atom. The van der Waals surface area contributed by atoms with Crippen molar-refractivity contribution in [3.05, 3.63) is 64.1 Å². The second-order valence-corrected chi connectivity index (χ2v) is 7.87. The Kier molecular flexibility index (Phi) is 5.13. The van der Waals surface area contributed by atoms with E-state index in [-0.39, 0.29) is 30.0 Å². The molecule has 1 unspecified atom stereocenters. The summed E-state index contributed by atoms with van der Waals surface area (Å²) in [5.74, 6) is 0.132. The molecule has 1 aliphatic carbocycles. The molecular weight excluding hydrogens is 370 g/mol. The van der Waals surface area contributed by atoms with Crippen LogP contribution in [-0.4, -0.2) is 23.0 Å². The molecule has 1 aliphatic heterocycles. The van der Waals surface area contributed by atoms with E-state index in [9.17, 15) is 14.4 Å². The molecule has 2 N–H and O–H groups in total. The molecule has 2 heterocycles. The number of ether oxygens (including phenoxy) is 1. The van der Waals surface area contributed by atoms with Gasteiger partial charge < -0.3 is 19.9 Å². The Hall–Kier alpha value is -3.09. The van der Waals surface area contributed by atoms with Gasteiger partial charge in [0.05, 0.1) is 6.04 Å². The van der Waals surface area contributed by atoms with E-state index in [4.69, 9.17) is 4.74 Å². The highest BCUT2D eigenvalue weighted by atomic mass is 16.5. The van der Waals surface area contributed by atoms with Crippen LogP contribution in [0.3, 0.4) is 0 Å². The van der Waals surface area contributed by atoms with E-state index in [1.54, 1.807) is 17.2 Å². The maximum atomic E-state index is 12.6. The van der Waals surface area contributed by atoms with Gasteiger partial charge >= 0.3 is 6.09 Å². The van der Waals surface area contributed by atoms with Gasteiger partial charge in [0, 0.05) is 30.6 Å². The SMILES string of the molecule is CC(=O)N1c2c(cc[nH]c2=O)C(NC(=O)OCc2ccccc2)[C@@H](C)[C@@H]1C1CC1. The number of fused-ring (bicyclic) bond motifs is 1. The maximum absolute atomic E-state index is 12.6. The number of carbonyl (C=O) groups excluding carboxylic acids is 2. The molecular formula is C22H25N3O4. The van der Waals surface area contributed by atoms with Gasteiger partial charge in [-0.3, -0.25) is 9.59 Å². The van der Waals surface area contributed by atoms with E-state index in [1.807, 2.05) is 37.3 Å². The summed E-state index contributed by atoms with van der Waals surface area (Å²) in [5, 5.41) is 2.94. The average Bonchev–Trinajstić information content (AvgIpc) is 3.54. The third kappa shape index (κ3) is 3.77. The minimum absolute atomic E-state index is 0.0509. The molecule has 4 rings (SSSR count). The Morgan fingerprint density at radius 3 is 2.59 bits per heavy atom. The zero-order valence-electron chi connectivity index (χ0n) is 16.6. The number of carbonyl (C=O) groups is 2. The standard InChI is InChI=1S/C22H25N3O4/c1-13-18(24-22(28)29-12-15-6-4-3-5-7-15)17-10-11-23-21(27)20(17)25(14(2)26)19(13)16-8-9-16/h3-7,10-11,13,16,18-19H,8-9,12H2,1-2H3,(H,23,27)(H,24,28)/t13-,18?,19-/m1/s1. The van der Waals surface area contributed by atoms with Gasteiger partial charge in [0.2, 0.25) is 5.91 Å².